The monoisotopic (exact) mass is 488 g/mol. The van der Waals surface area contributed by atoms with Crippen LogP contribution >= 0.6 is 11.8 Å². The van der Waals surface area contributed by atoms with Crippen LogP contribution in [0.3, 0.4) is 0 Å². The summed E-state index contributed by atoms with van der Waals surface area (Å²) >= 11 is 1.60. The summed E-state index contributed by atoms with van der Waals surface area (Å²) in [5.74, 6) is 0.952. The van der Waals surface area contributed by atoms with Crippen molar-refractivity contribution in [3.05, 3.63) is 106 Å². The van der Waals surface area contributed by atoms with Gasteiger partial charge < -0.3 is 10.2 Å². The quantitative estimate of drug-likeness (QED) is 0.381. The summed E-state index contributed by atoms with van der Waals surface area (Å²) in [6.45, 7) is 9.07. The van der Waals surface area contributed by atoms with Crippen molar-refractivity contribution in [1.29, 1.82) is 0 Å². The molecule has 184 valence electrons. The van der Waals surface area contributed by atoms with Crippen molar-refractivity contribution in [1.82, 2.24) is 10.2 Å². The molecule has 0 aliphatic carbocycles. The van der Waals surface area contributed by atoms with E-state index < -0.39 is 6.04 Å². The fourth-order valence-corrected chi connectivity index (χ4v) is 5.15. The van der Waals surface area contributed by atoms with Crippen molar-refractivity contribution in [2.24, 2.45) is 0 Å². The molecule has 0 fully saturated rings. The van der Waals surface area contributed by atoms with Crippen molar-refractivity contribution in [2.75, 3.05) is 12.3 Å². The van der Waals surface area contributed by atoms with E-state index in [4.69, 9.17) is 0 Å². The Morgan fingerprint density at radius 3 is 2.20 bits per heavy atom. The lowest BCUT2D eigenvalue weighted by Gasteiger charge is -2.32. The van der Waals surface area contributed by atoms with Gasteiger partial charge >= 0.3 is 0 Å². The Hall–Kier alpha value is -3.05. The van der Waals surface area contributed by atoms with Gasteiger partial charge in [-0.2, -0.15) is 0 Å². The molecule has 0 heterocycles. The molecule has 3 rings (SSSR count). The molecule has 0 aliphatic rings. The summed E-state index contributed by atoms with van der Waals surface area (Å²) in [5.41, 5.74) is 6.88. The van der Waals surface area contributed by atoms with Crippen molar-refractivity contribution in [3.63, 3.8) is 0 Å². The first-order valence-electron chi connectivity index (χ1n) is 12.2. The summed E-state index contributed by atoms with van der Waals surface area (Å²) in [7, 11) is 0. The summed E-state index contributed by atoms with van der Waals surface area (Å²) in [5, 5.41) is 2.96. The number of hydrogen-bond acceptors (Lipinski definition) is 3. The molecule has 0 spiro atoms. The second-order valence-corrected chi connectivity index (χ2v) is 10.0. The highest BCUT2D eigenvalue weighted by molar-refractivity contribution is 7.99. The molecule has 0 radical (unpaired) electrons. The Morgan fingerprint density at radius 1 is 0.886 bits per heavy atom. The van der Waals surface area contributed by atoms with Crippen LogP contribution in [0.4, 0.5) is 0 Å². The van der Waals surface area contributed by atoms with E-state index in [1.165, 1.54) is 16.7 Å². The van der Waals surface area contributed by atoms with E-state index in [9.17, 15) is 9.59 Å². The summed E-state index contributed by atoms with van der Waals surface area (Å²) in [6.07, 6.45) is 0.478. The van der Waals surface area contributed by atoms with Gasteiger partial charge in [0, 0.05) is 25.3 Å². The number of carbonyl (C=O) groups is 2. The van der Waals surface area contributed by atoms with Crippen LogP contribution < -0.4 is 5.32 Å². The molecule has 0 aromatic heterocycles. The van der Waals surface area contributed by atoms with Crippen molar-refractivity contribution in [3.8, 4) is 0 Å². The summed E-state index contributed by atoms with van der Waals surface area (Å²) in [4.78, 5) is 28.6. The molecule has 1 atom stereocenters. The lowest BCUT2D eigenvalue weighted by Crippen LogP contribution is -2.51. The molecule has 3 aromatic carbocycles. The Morgan fingerprint density at radius 2 is 1.54 bits per heavy atom. The first-order valence-corrected chi connectivity index (χ1v) is 13.3. The number of amides is 2. The van der Waals surface area contributed by atoms with Gasteiger partial charge in [0.2, 0.25) is 11.8 Å². The number of hydrogen-bond donors (Lipinski definition) is 1. The summed E-state index contributed by atoms with van der Waals surface area (Å²) in [6, 6.07) is 23.9. The largest absolute Gasteiger partial charge is 0.355 e. The average molecular weight is 489 g/mol. The average Bonchev–Trinajstić information content (AvgIpc) is 2.82. The molecule has 0 saturated heterocycles. The van der Waals surface area contributed by atoms with Gasteiger partial charge in [-0.25, -0.2) is 0 Å². The van der Waals surface area contributed by atoms with Crippen LogP contribution in [0.5, 0.6) is 0 Å². The van der Waals surface area contributed by atoms with Crippen LogP contribution in [0.25, 0.3) is 0 Å². The van der Waals surface area contributed by atoms with E-state index in [0.29, 0.717) is 25.3 Å². The van der Waals surface area contributed by atoms with Crippen LogP contribution in [0.1, 0.15) is 40.3 Å². The molecule has 35 heavy (non-hydrogen) atoms. The number of aryl methyl sites for hydroxylation is 3. The molecule has 0 aliphatic heterocycles. The molecule has 2 amide bonds. The third-order valence-corrected chi connectivity index (χ3v) is 6.99. The first-order chi connectivity index (χ1) is 16.9. The second kappa shape index (κ2) is 13.1. The normalized spacial score (nSPS) is 11.7. The van der Waals surface area contributed by atoms with Crippen molar-refractivity contribution >= 4 is 23.6 Å². The van der Waals surface area contributed by atoms with E-state index in [1.807, 2.05) is 68.4 Å². The first kappa shape index (κ1) is 26.6. The lowest BCUT2D eigenvalue weighted by molar-refractivity contribution is -0.139. The predicted molar refractivity (Wildman–Crippen MR) is 146 cm³/mol. The molecule has 4 nitrogen and oxygen atoms in total. The number of likely N-dealkylation sites (N-methyl/N-ethyl adjacent to an activating group) is 1. The Kier molecular flexibility index (Phi) is 9.98. The van der Waals surface area contributed by atoms with Crippen LogP contribution in [0, 0.1) is 20.8 Å². The molecule has 0 saturated carbocycles. The van der Waals surface area contributed by atoms with Crippen molar-refractivity contribution in [2.45, 2.75) is 52.5 Å². The maximum atomic E-state index is 13.6. The number of thioether (sulfide) groups is 1. The van der Waals surface area contributed by atoms with Crippen LogP contribution in [0.2, 0.25) is 0 Å². The number of benzene rings is 3. The predicted octanol–water partition coefficient (Wildman–Crippen LogP) is 5.62. The topological polar surface area (TPSA) is 49.4 Å². The maximum absolute atomic E-state index is 13.6. The minimum absolute atomic E-state index is 0.0187. The number of nitrogens with one attached hydrogen (secondary N) is 1. The molecular formula is C30H36N2O2S. The third-order valence-electron chi connectivity index (χ3n) is 6.00. The van der Waals surface area contributed by atoms with Gasteiger partial charge in [0.05, 0.1) is 5.75 Å². The SMILES string of the molecule is CCNC(=O)[C@@H](Cc1ccccc1)N(Cc1ccccc1C)C(=O)CSCc1cc(C)cc(C)c1. The number of rotatable bonds is 11. The molecule has 1 N–H and O–H groups in total. The van der Waals surface area contributed by atoms with E-state index >= 15 is 0 Å². The van der Waals surface area contributed by atoms with Gasteiger partial charge in [-0.15, -0.1) is 11.8 Å². The van der Waals surface area contributed by atoms with E-state index in [1.54, 1.807) is 16.7 Å². The standard InChI is InChI=1S/C30H36N2O2S/c1-5-31-30(34)28(18-25-12-7-6-8-13-25)32(19-27-14-10-9-11-24(27)4)29(33)21-35-20-26-16-22(2)15-23(3)17-26/h6-17,28H,5,18-21H2,1-4H3,(H,31,34)/t28-/m1/s1. The van der Waals surface area contributed by atoms with E-state index in [-0.39, 0.29) is 11.8 Å². The Labute approximate surface area is 214 Å². The minimum Gasteiger partial charge on any atom is -0.355 e. The minimum atomic E-state index is -0.578. The zero-order valence-corrected chi connectivity index (χ0v) is 22.0. The Balaban J connectivity index is 1.84. The summed E-state index contributed by atoms with van der Waals surface area (Å²) < 4.78 is 0. The highest BCUT2D eigenvalue weighted by atomic mass is 32.2. The fraction of sp³-hybridized carbons (Fsp3) is 0.333. The zero-order valence-electron chi connectivity index (χ0n) is 21.2. The maximum Gasteiger partial charge on any atom is 0.243 e. The lowest BCUT2D eigenvalue weighted by atomic mass is 10.0. The molecule has 5 heteroatoms. The van der Waals surface area contributed by atoms with Crippen LogP contribution in [-0.4, -0.2) is 35.1 Å². The van der Waals surface area contributed by atoms with E-state index in [0.717, 1.165) is 22.4 Å². The number of nitrogens with zero attached hydrogens (tertiary/aromatic N) is 1. The van der Waals surface area contributed by atoms with Gasteiger partial charge in [-0.05, 0) is 49.9 Å². The Bertz CT molecular complexity index is 1110. The molecule has 0 unspecified atom stereocenters. The fourth-order valence-electron chi connectivity index (χ4n) is 4.31. The van der Waals surface area contributed by atoms with Gasteiger partial charge in [0.1, 0.15) is 6.04 Å². The van der Waals surface area contributed by atoms with Crippen molar-refractivity contribution < 1.29 is 9.59 Å². The zero-order chi connectivity index (χ0) is 25.2. The van der Waals surface area contributed by atoms with Gasteiger partial charge in [-0.3, -0.25) is 9.59 Å². The smallest absolute Gasteiger partial charge is 0.243 e. The highest BCUT2D eigenvalue weighted by Crippen LogP contribution is 2.20. The number of carbonyl (C=O) groups excluding carboxylic acids is 2. The third kappa shape index (κ3) is 8.00. The second-order valence-electron chi connectivity index (χ2n) is 9.04. The molecule has 3 aromatic rings. The van der Waals surface area contributed by atoms with Crippen LogP contribution in [0.15, 0.2) is 72.8 Å². The van der Waals surface area contributed by atoms with Crippen LogP contribution in [-0.2, 0) is 28.3 Å². The van der Waals surface area contributed by atoms with Gasteiger partial charge in [0.15, 0.2) is 0 Å². The van der Waals surface area contributed by atoms with E-state index in [2.05, 4.69) is 37.4 Å². The van der Waals surface area contributed by atoms with Gasteiger partial charge in [0.25, 0.3) is 0 Å². The molecular weight excluding hydrogens is 452 g/mol. The highest BCUT2D eigenvalue weighted by Gasteiger charge is 2.30. The molecule has 0 bridgehead atoms. The van der Waals surface area contributed by atoms with Gasteiger partial charge in [-0.1, -0.05) is 83.9 Å².